The van der Waals surface area contributed by atoms with Crippen LogP contribution < -0.4 is 5.73 Å². The summed E-state index contributed by atoms with van der Waals surface area (Å²) < 4.78 is 14.1. The Kier molecular flexibility index (Phi) is 2.80. The third-order valence-electron chi connectivity index (χ3n) is 4.37. The Hall–Kier alpha value is -2.72. The number of aryl methyl sites for hydroxylation is 1. The van der Waals surface area contributed by atoms with Gasteiger partial charge in [0, 0.05) is 11.1 Å². The highest BCUT2D eigenvalue weighted by Gasteiger charge is 2.43. The van der Waals surface area contributed by atoms with Crippen molar-refractivity contribution in [1.29, 1.82) is 0 Å². The molecule has 1 atom stereocenters. The van der Waals surface area contributed by atoms with E-state index in [1.54, 1.807) is 0 Å². The molecule has 1 unspecified atom stereocenters. The first kappa shape index (κ1) is 13.9. The second-order valence-electron chi connectivity index (χ2n) is 5.90. The molecule has 0 spiro atoms. The van der Waals surface area contributed by atoms with Crippen molar-refractivity contribution in [2.24, 2.45) is 10.7 Å². The Balaban J connectivity index is 2.09. The van der Waals surface area contributed by atoms with Crippen LogP contribution in [-0.4, -0.2) is 10.9 Å². The molecule has 0 radical (unpaired) electrons. The first-order chi connectivity index (χ1) is 11.0. The molecule has 1 aliphatic heterocycles. The molecule has 3 N–H and O–H groups in total. The number of fused-ring (bicyclic) bond motifs is 2. The molecule has 1 aliphatic rings. The van der Waals surface area contributed by atoms with E-state index in [1.165, 1.54) is 12.1 Å². The van der Waals surface area contributed by atoms with Gasteiger partial charge < -0.3 is 10.8 Å². The van der Waals surface area contributed by atoms with Gasteiger partial charge in [0.25, 0.3) is 0 Å². The number of amidine groups is 1. The Morgan fingerprint density at radius 1 is 1.04 bits per heavy atom. The number of nitrogens with two attached hydrogens (primary N) is 1. The van der Waals surface area contributed by atoms with Gasteiger partial charge in [-0.1, -0.05) is 42.0 Å². The molecule has 4 rings (SSSR count). The summed E-state index contributed by atoms with van der Waals surface area (Å²) in [5.41, 5.74) is 7.04. The predicted octanol–water partition coefficient (Wildman–Crippen LogP) is 3.53. The van der Waals surface area contributed by atoms with Gasteiger partial charge in [-0.25, -0.2) is 9.38 Å². The first-order valence-electron chi connectivity index (χ1n) is 7.37. The summed E-state index contributed by atoms with van der Waals surface area (Å²) in [6.45, 7) is 1.93. The Bertz CT molecular complexity index is 980. The minimum atomic E-state index is -1.62. The fourth-order valence-corrected chi connectivity index (χ4v) is 3.24. The maximum atomic E-state index is 14.1. The van der Waals surface area contributed by atoms with Gasteiger partial charge in [0.2, 0.25) is 0 Å². The number of aliphatic hydroxyl groups is 1. The molecule has 0 bridgehead atoms. The van der Waals surface area contributed by atoms with Gasteiger partial charge in [0.1, 0.15) is 11.7 Å². The quantitative estimate of drug-likeness (QED) is 0.722. The lowest BCUT2D eigenvalue weighted by Crippen LogP contribution is -2.39. The molecular weight excluding hydrogens is 291 g/mol. The van der Waals surface area contributed by atoms with Crippen LogP contribution in [-0.2, 0) is 5.60 Å². The third-order valence-corrected chi connectivity index (χ3v) is 4.37. The number of halogens is 1. The molecular formula is C19H15FN2O. The molecule has 0 saturated heterocycles. The Morgan fingerprint density at radius 2 is 1.83 bits per heavy atom. The second-order valence-corrected chi connectivity index (χ2v) is 5.90. The zero-order chi connectivity index (χ0) is 16.2. The first-order valence-corrected chi connectivity index (χ1v) is 7.37. The zero-order valence-electron chi connectivity index (χ0n) is 12.5. The van der Waals surface area contributed by atoms with E-state index in [1.807, 2.05) is 49.4 Å². The van der Waals surface area contributed by atoms with Crippen molar-refractivity contribution >= 4 is 22.3 Å². The molecule has 0 saturated carbocycles. The maximum Gasteiger partial charge on any atom is 0.175 e. The largest absolute Gasteiger partial charge is 0.384 e. The smallest absolute Gasteiger partial charge is 0.175 e. The van der Waals surface area contributed by atoms with Gasteiger partial charge >= 0.3 is 0 Å². The number of rotatable bonds is 1. The van der Waals surface area contributed by atoms with Crippen molar-refractivity contribution < 1.29 is 9.50 Å². The van der Waals surface area contributed by atoms with Crippen LogP contribution in [0.1, 0.15) is 16.7 Å². The van der Waals surface area contributed by atoms with Gasteiger partial charge in [-0.05, 0) is 35.9 Å². The minimum absolute atomic E-state index is 0.0638. The van der Waals surface area contributed by atoms with Crippen LogP contribution in [0.25, 0.3) is 10.8 Å². The molecule has 3 aromatic rings. The van der Waals surface area contributed by atoms with E-state index in [-0.39, 0.29) is 5.84 Å². The summed E-state index contributed by atoms with van der Waals surface area (Å²) in [4.78, 5) is 4.28. The van der Waals surface area contributed by atoms with Gasteiger partial charge in [-0.15, -0.1) is 0 Å². The molecule has 114 valence electrons. The van der Waals surface area contributed by atoms with Crippen LogP contribution in [0.2, 0.25) is 0 Å². The fraction of sp³-hybridized carbons (Fsp3) is 0.105. The van der Waals surface area contributed by atoms with Crippen LogP contribution in [0.5, 0.6) is 0 Å². The van der Waals surface area contributed by atoms with Gasteiger partial charge in [-0.2, -0.15) is 0 Å². The van der Waals surface area contributed by atoms with Crippen LogP contribution in [0.3, 0.4) is 0 Å². The van der Waals surface area contributed by atoms with Gasteiger partial charge in [-0.3, -0.25) is 0 Å². The standard InChI is InChI=1S/C19H15FN2O/c1-11-6-7-17-16(8-11)19(23,18(21)22-17)15-10-13(20)9-12-4-2-3-5-14(12)15/h2-10,23H,1H3,(H2,21,22). The molecule has 3 aromatic carbocycles. The summed E-state index contributed by atoms with van der Waals surface area (Å²) >= 11 is 0. The van der Waals surface area contributed by atoms with E-state index in [0.717, 1.165) is 10.9 Å². The minimum Gasteiger partial charge on any atom is -0.384 e. The number of benzene rings is 3. The van der Waals surface area contributed by atoms with E-state index in [0.29, 0.717) is 22.2 Å². The fourth-order valence-electron chi connectivity index (χ4n) is 3.24. The van der Waals surface area contributed by atoms with E-state index in [9.17, 15) is 9.50 Å². The van der Waals surface area contributed by atoms with Crippen molar-refractivity contribution in [3.8, 4) is 0 Å². The average molecular weight is 306 g/mol. The lowest BCUT2D eigenvalue weighted by atomic mass is 9.83. The van der Waals surface area contributed by atoms with Crippen LogP contribution in [0.4, 0.5) is 10.1 Å². The van der Waals surface area contributed by atoms with Gasteiger partial charge in [0.15, 0.2) is 5.60 Å². The third kappa shape index (κ3) is 1.88. The number of hydrogen-bond donors (Lipinski definition) is 2. The lowest BCUT2D eigenvalue weighted by molar-refractivity contribution is 0.160. The van der Waals surface area contributed by atoms with Crippen molar-refractivity contribution in [2.75, 3.05) is 0 Å². The van der Waals surface area contributed by atoms with Crippen LogP contribution in [0.15, 0.2) is 59.6 Å². The number of hydrogen-bond acceptors (Lipinski definition) is 3. The normalized spacial score (nSPS) is 19.7. The summed E-state index contributed by atoms with van der Waals surface area (Å²) in [6, 6.07) is 15.7. The molecule has 3 nitrogen and oxygen atoms in total. The van der Waals surface area contributed by atoms with E-state index < -0.39 is 11.4 Å². The SMILES string of the molecule is Cc1ccc2c(c1)C(O)(c1cc(F)cc3ccccc13)C(N)=N2. The Labute approximate surface area is 132 Å². The number of nitrogens with zero attached hydrogens (tertiary/aromatic N) is 1. The van der Waals surface area contributed by atoms with E-state index >= 15 is 0 Å². The molecule has 0 fully saturated rings. The van der Waals surface area contributed by atoms with E-state index in [2.05, 4.69) is 4.99 Å². The molecule has 0 aliphatic carbocycles. The molecule has 1 heterocycles. The highest BCUT2D eigenvalue weighted by Crippen LogP contribution is 2.44. The maximum absolute atomic E-state index is 14.1. The topological polar surface area (TPSA) is 58.6 Å². The summed E-state index contributed by atoms with van der Waals surface area (Å²) in [7, 11) is 0. The highest BCUT2D eigenvalue weighted by molar-refractivity contribution is 6.04. The van der Waals surface area contributed by atoms with Crippen LogP contribution in [0, 0.1) is 12.7 Å². The van der Waals surface area contributed by atoms with Crippen molar-refractivity contribution in [2.45, 2.75) is 12.5 Å². The monoisotopic (exact) mass is 306 g/mol. The summed E-state index contributed by atoms with van der Waals surface area (Å²) in [6.07, 6.45) is 0. The van der Waals surface area contributed by atoms with Gasteiger partial charge in [0.05, 0.1) is 5.69 Å². The van der Waals surface area contributed by atoms with Crippen molar-refractivity contribution in [3.63, 3.8) is 0 Å². The lowest BCUT2D eigenvalue weighted by Gasteiger charge is -2.26. The van der Waals surface area contributed by atoms with Crippen LogP contribution >= 0.6 is 0 Å². The molecule has 0 amide bonds. The number of aliphatic imine (C=N–C) groups is 1. The van der Waals surface area contributed by atoms with Crippen molar-refractivity contribution in [3.05, 3.63) is 77.1 Å². The summed E-state index contributed by atoms with van der Waals surface area (Å²) in [5, 5.41) is 12.9. The zero-order valence-corrected chi connectivity index (χ0v) is 12.5. The van der Waals surface area contributed by atoms with E-state index in [4.69, 9.17) is 5.73 Å². The highest BCUT2D eigenvalue weighted by atomic mass is 19.1. The predicted molar refractivity (Wildman–Crippen MR) is 89.4 cm³/mol. The average Bonchev–Trinajstić information content (AvgIpc) is 2.79. The summed E-state index contributed by atoms with van der Waals surface area (Å²) in [5.74, 6) is -0.352. The molecule has 23 heavy (non-hydrogen) atoms. The Morgan fingerprint density at radius 3 is 2.65 bits per heavy atom. The molecule has 4 heteroatoms. The molecule has 0 aromatic heterocycles. The second kappa shape index (κ2) is 4.64. The van der Waals surface area contributed by atoms with Crippen molar-refractivity contribution in [1.82, 2.24) is 0 Å².